The standard InChI is InChI=1S/C17H22Cl2N2O3/c1-3-24-17(23)12-4-6-21(7-5-12)11(2)16(22)20-15-9-13(18)8-14(19)10-15/h8-12H,3-7H2,1-2H3,(H,20,22)/p+1/t11-/m1/s1. The molecule has 2 rings (SSSR count). The van der Waals surface area contributed by atoms with Gasteiger partial charge >= 0.3 is 5.97 Å². The van der Waals surface area contributed by atoms with Gasteiger partial charge in [0.2, 0.25) is 0 Å². The topological polar surface area (TPSA) is 59.8 Å². The molecule has 0 spiro atoms. The van der Waals surface area contributed by atoms with Gasteiger partial charge in [0.05, 0.1) is 25.6 Å². The minimum Gasteiger partial charge on any atom is -0.466 e. The molecule has 5 nitrogen and oxygen atoms in total. The van der Waals surface area contributed by atoms with Gasteiger partial charge in [0.25, 0.3) is 5.91 Å². The number of carbonyl (C=O) groups is 2. The second-order valence-corrected chi connectivity index (χ2v) is 6.93. The molecule has 132 valence electrons. The number of halogens is 2. The van der Waals surface area contributed by atoms with Crippen LogP contribution in [-0.4, -0.2) is 37.6 Å². The van der Waals surface area contributed by atoms with Crippen LogP contribution in [0.4, 0.5) is 5.69 Å². The van der Waals surface area contributed by atoms with Crippen LogP contribution in [-0.2, 0) is 14.3 Å². The van der Waals surface area contributed by atoms with Gasteiger partial charge in [-0.05, 0) is 32.0 Å². The van der Waals surface area contributed by atoms with Gasteiger partial charge in [-0.2, -0.15) is 0 Å². The second-order valence-electron chi connectivity index (χ2n) is 6.05. The molecule has 7 heteroatoms. The number of quaternary nitrogens is 1. The van der Waals surface area contributed by atoms with Crippen LogP contribution < -0.4 is 10.2 Å². The molecule has 0 aliphatic carbocycles. The molecule has 24 heavy (non-hydrogen) atoms. The summed E-state index contributed by atoms with van der Waals surface area (Å²) in [5, 5.41) is 3.81. The van der Waals surface area contributed by atoms with Crippen molar-refractivity contribution in [3.8, 4) is 0 Å². The molecular formula is C17H23Cl2N2O3+. The molecule has 1 saturated heterocycles. The Bertz CT molecular complexity index is 581. The lowest BCUT2D eigenvalue weighted by Crippen LogP contribution is -3.17. The number of esters is 1. The number of hydrogen-bond donors (Lipinski definition) is 2. The normalized spacial score (nSPS) is 21.8. The average molecular weight is 374 g/mol. The molecule has 0 saturated carbocycles. The van der Waals surface area contributed by atoms with E-state index in [2.05, 4.69) is 5.32 Å². The van der Waals surface area contributed by atoms with Crippen molar-refractivity contribution < 1.29 is 19.2 Å². The zero-order chi connectivity index (χ0) is 17.7. The largest absolute Gasteiger partial charge is 0.466 e. The van der Waals surface area contributed by atoms with Gasteiger partial charge in [-0.3, -0.25) is 9.59 Å². The maximum atomic E-state index is 12.4. The zero-order valence-corrected chi connectivity index (χ0v) is 15.4. The Balaban J connectivity index is 1.89. The number of hydrogen-bond acceptors (Lipinski definition) is 3. The monoisotopic (exact) mass is 373 g/mol. The van der Waals surface area contributed by atoms with E-state index in [-0.39, 0.29) is 23.8 Å². The first kappa shape index (κ1) is 19.0. The quantitative estimate of drug-likeness (QED) is 0.777. The summed E-state index contributed by atoms with van der Waals surface area (Å²) >= 11 is 11.9. The predicted octanol–water partition coefficient (Wildman–Crippen LogP) is 2.18. The van der Waals surface area contributed by atoms with Crippen LogP contribution in [0.15, 0.2) is 18.2 Å². The molecule has 1 amide bonds. The molecule has 1 fully saturated rings. The van der Waals surface area contributed by atoms with Crippen LogP contribution in [0.25, 0.3) is 0 Å². The summed E-state index contributed by atoms with van der Waals surface area (Å²) < 4.78 is 5.07. The number of rotatable bonds is 5. The lowest BCUT2D eigenvalue weighted by Gasteiger charge is -2.31. The van der Waals surface area contributed by atoms with E-state index in [1.807, 2.05) is 13.8 Å². The Morgan fingerprint density at radius 1 is 1.25 bits per heavy atom. The molecule has 1 aromatic carbocycles. The Morgan fingerprint density at radius 2 is 1.83 bits per heavy atom. The number of nitrogens with one attached hydrogen (secondary N) is 2. The first-order chi connectivity index (χ1) is 11.4. The van der Waals surface area contributed by atoms with Crippen molar-refractivity contribution in [3.63, 3.8) is 0 Å². The van der Waals surface area contributed by atoms with E-state index in [0.717, 1.165) is 25.9 Å². The van der Waals surface area contributed by atoms with Crippen LogP contribution >= 0.6 is 23.2 Å². The van der Waals surface area contributed by atoms with E-state index in [1.165, 1.54) is 4.90 Å². The fraction of sp³-hybridized carbons (Fsp3) is 0.529. The fourth-order valence-electron chi connectivity index (χ4n) is 2.98. The SMILES string of the molecule is CCOC(=O)C1CC[NH+]([C@H](C)C(=O)Nc2cc(Cl)cc(Cl)c2)CC1. The van der Waals surface area contributed by atoms with Crippen LogP contribution in [0.1, 0.15) is 26.7 Å². The Morgan fingerprint density at radius 3 is 2.38 bits per heavy atom. The molecule has 1 heterocycles. The summed E-state index contributed by atoms with van der Waals surface area (Å²) in [6.45, 7) is 5.66. The van der Waals surface area contributed by atoms with Crippen molar-refractivity contribution in [1.29, 1.82) is 0 Å². The summed E-state index contributed by atoms with van der Waals surface area (Å²) in [7, 11) is 0. The van der Waals surface area contributed by atoms with Gasteiger partial charge < -0.3 is 15.0 Å². The zero-order valence-electron chi connectivity index (χ0n) is 13.9. The highest BCUT2D eigenvalue weighted by Gasteiger charge is 2.33. The Labute approximate surface area is 152 Å². The summed E-state index contributed by atoms with van der Waals surface area (Å²) in [5.74, 6) is -0.254. The highest BCUT2D eigenvalue weighted by molar-refractivity contribution is 6.35. The number of benzene rings is 1. The molecule has 1 aliphatic heterocycles. The third-order valence-corrected chi connectivity index (χ3v) is 4.82. The predicted molar refractivity (Wildman–Crippen MR) is 94.6 cm³/mol. The maximum Gasteiger partial charge on any atom is 0.309 e. The van der Waals surface area contributed by atoms with Crippen LogP contribution in [0.5, 0.6) is 0 Å². The van der Waals surface area contributed by atoms with E-state index in [4.69, 9.17) is 27.9 Å². The van der Waals surface area contributed by atoms with E-state index < -0.39 is 0 Å². The Kier molecular flexibility index (Phi) is 6.90. The minimum absolute atomic E-state index is 0.0457. The van der Waals surface area contributed by atoms with Crippen LogP contribution in [0, 0.1) is 5.92 Å². The van der Waals surface area contributed by atoms with Gasteiger partial charge in [0, 0.05) is 28.6 Å². The van der Waals surface area contributed by atoms with Crippen LogP contribution in [0.3, 0.4) is 0 Å². The number of piperidine rings is 1. The summed E-state index contributed by atoms with van der Waals surface area (Å²) in [6.07, 6.45) is 1.49. The number of ether oxygens (including phenoxy) is 1. The highest BCUT2D eigenvalue weighted by Crippen LogP contribution is 2.22. The number of likely N-dealkylation sites (tertiary alicyclic amines) is 1. The number of amides is 1. The van der Waals surface area contributed by atoms with Gasteiger partial charge in [-0.1, -0.05) is 23.2 Å². The lowest BCUT2D eigenvalue weighted by atomic mass is 9.96. The second kappa shape index (κ2) is 8.70. The van der Waals surface area contributed by atoms with E-state index in [0.29, 0.717) is 22.3 Å². The molecule has 0 unspecified atom stereocenters. The molecule has 0 radical (unpaired) electrons. The van der Waals surface area contributed by atoms with Gasteiger partial charge in [0.1, 0.15) is 0 Å². The van der Waals surface area contributed by atoms with Crippen molar-refractivity contribution >= 4 is 40.8 Å². The third-order valence-electron chi connectivity index (χ3n) is 4.38. The molecule has 0 aromatic heterocycles. The fourth-order valence-corrected chi connectivity index (χ4v) is 3.51. The smallest absolute Gasteiger partial charge is 0.309 e. The average Bonchev–Trinajstić information content (AvgIpc) is 2.53. The van der Waals surface area contributed by atoms with Crippen molar-refractivity contribution in [2.45, 2.75) is 32.7 Å². The minimum atomic E-state index is -0.217. The van der Waals surface area contributed by atoms with E-state index in [1.54, 1.807) is 18.2 Å². The van der Waals surface area contributed by atoms with Gasteiger partial charge in [0.15, 0.2) is 6.04 Å². The molecular weight excluding hydrogens is 351 g/mol. The lowest BCUT2D eigenvalue weighted by molar-refractivity contribution is -0.919. The van der Waals surface area contributed by atoms with Crippen molar-refractivity contribution in [1.82, 2.24) is 0 Å². The summed E-state index contributed by atoms with van der Waals surface area (Å²) in [6, 6.07) is 4.74. The molecule has 1 aliphatic rings. The maximum absolute atomic E-state index is 12.4. The van der Waals surface area contributed by atoms with Crippen molar-refractivity contribution in [2.24, 2.45) is 5.92 Å². The third kappa shape index (κ3) is 5.10. The summed E-state index contributed by atoms with van der Waals surface area (Å²) in [5.41, 5.74) is 0.588. The van der Waals surface area contributed by atoms with Crippen molar-refractivity contribution in [3.05, 3.63) is 28.2 Å². The van der Waals surface area contributed by atoms with Crippen molar-refractivity contribution in [2.75, 3.05) is 25.0 Å². The van der Waals surface area contributed by atoms with Gasteiger partial charge in [-0.15, -0.1) is 0 Å². The highest BCUT2D eigenvalue weighted by atomic mass is 35.5. The number of anilines is 1. The first-order valence-electron chi connectivity index (χ1n) is 8.19. The first-order valence-corrected chi connectivity index (χ1v) is 8.94. The molecule has 1 aromatic rings. The van der Waals surface area contributed by atoms with Crippen LogP contribution in [0.2, 0.25) is 10.0 Å². The number of carbonyl (C=O) groups excluding carboxylic acids is 2. The molecule has 1 atom stereocenters. The molecule has 2 N–H and O–H groups in total. The molecule has 0 bridgehead atoms. The van der Waals surface area contributed by atoms with E-state index in [9.17, 15) is 9.59 Å². The Hall–Kier alpha value is -1.30. The van der Waals surface area contributed by atoms with E-state index >= 15 is 0 Å². The summed E-state index contributed by atoms with van der Waals surface area (Å²) in [4.78, 5) is 25.4. The van der Waals surface area contributed by atoms with Gasteiger partial charge in [-0.25, -0.2) is 0 Å².